The number of carboxylic acid groups (broad SMARTS) is 1. The van der Waals surface area contributed by atoms with Crippen LogP contribution in [0.4, 0.5) is 24.8 Å². The number of aromatic nitrogens is 5. The van der Waals surface area contributed by atoms with E-state index in [4.69, 9.17) is 0 Å². The molecule has 0 amide bonds. The van der Waals surface area contributed by atoms with E-state index in [2.05, 4.69) is 25.4 Å². The Morgan fingerprint density at radius 1 is 1.06 bits per heavy atom. The topological polar surface area (TPSA) is 106 Å². The van der Waals surface area contributed by atoms with E-state index >= 15 is 0 Å². The van der Waals surface area contributed by atoms with E-state index in [0.717, 1.165) is 34.3 Å². The summed E-state index contributed by atoms with van der Waals surface area (Å²) < 4.78 is 40.4. The summed E-state index contributed by atoms with van der Waals surface area (Å²) in [4.78, 5) is 23.9. The third kappa shape index (κ3) is 4.81. The summed E-state index contributed by atoms with van der Waals surface area (Å²) in [5.74, 6) is -1.04. The zero-order valence-electron chi connectivity index (χ0n) is 17.4. The lowest BCUT2D eigenvalue weighted by atomic mass is 10.1. The van der Waals surface area contributed by atoms with Crippen molar-refractivity contribution in [3.05, 3.63) is 77.5 Å². The number of nitrogens with one attached hydrogen (secondary N) is 1. The van der Waals surface area contributed by atoms with Gasteiger partial charge in [0.15, 0.2) is 11.5 Å². The summed E-state index contributed by atoms with van der Waals surface area (Å²) in [5, 5.41) is 15.9. The predicted molar refractivity (Wildman–Crippen MR) is 114 cm³/mol. The number of alkyl halides is 3. The molecule has 8 nitrogen and oxygen atoms in total. The fourth-order valence-electron chi connectivity index (χ4n) is 3.28. The number of carboxylic acids is 1. The number of rotatable bonds is 5. The normalized spacial score (nSPS) is 11.4. The smallest absolute Gasteiger partial charge is 0.435 e. The fraction of sp³-hybridized carbons (Fsp3) is 0.136. The Hall–Kier alpha value is -4.28. The van der Waals surface area contributed by atoms with Crippen molar-refractivity contribution in [1.82, 2.24) is 24.7 Å². The van der Waals surface area contributed by atoms with Gasteiger partial charge in [-0.05, 0) is 49.2 Å². The minimum Gasteiger partial charge on any atom is -0.478 e. The first-order chi connectivity index (χ1) is 15.6. The molecule has 0 saturated heterocycles. The number of carbonyl (C=O) groups is 1. The van der Waals surface area contributed by atoms with Gasteiger partial charge in [-0.15, -0.1) is 0 Å². The second-order valence-electron chi connectivity index (χ2n) is 7.34. The second kappa shape index (κ2) is 8.34. The lowest BCUT2D eigenvalue weighted by Crippen LogP contribution is -2.10. The van der Waals surface area contributed by atoms with Gasteiger partial charge in [0.25, 0.3) is 0 Å². The van der Waals surface area contributed by atoms with E-state index in [1.54, 1.807) is 0 Å². The van der Waals surface area contributed by atoms with Gasteiger partial charge in [0.05, 0.1) is 5.56 Å². The van der Waals surface area contributed by atoms with Crippen molar-refractivity contribution in [2.75, 3.05) is 5.32 Å². The standard InChI is InChI=1S/C22H17F3N6O2/c1-12-5-13(2)7-16(6-12)28-21-27-11-17(14-8-15(20(32)33)10-26-9-14)19(29-21)31-4-3-18(30-31)22(23,24)25/h3-11H,1-2H3,(H,32,33)(H,27,28,29). The first kappa shape index (κ1) is 21.9. The maximum absolute atomic E-state index is 13.1. The van der Waals surface area contributed by atoms with Gasteiger partial charge >= 0.3 is 12.1 Å². The number of pyridine rings is 1. The summed E-state index contributed by atoms with van der Waals surface area (Å²) in [7, 11) is 0. The van der Waals surface area contributed by atoms with E-state index in [1.807, 2.05) is 32.0 Å². The van der Waals surface area contributed by atoms with Crippen molar-refractivity contribution in [3.8, 4) is 16.9 Å². The Balaban J connectivity index is 1.83. The maximum atomic E-state index is 13.1. The molecule has 33 heavy (non-hydrogen) atoms. The molecule has 0 saturated carbocycles. The van der Waals surface area contributed by atoms with Crippen LogP contribution in [-0.4, -0.2) is 35.8 Å². The van der Waals surface area contributed by atoms with Gasteiger partial charge in [0, 0.05) is 41.6 Å². The van der Waals surface area contributed by atoms with Crippen LogP contribution in [0.1, 0.15) is 27.2 Å². The quantitative estimate of drug-likeness (QED) is 0.446. The lowest BCUT2D eigenvalue weighted by Gasteiger charge is -2.13. The van der Waals surface area contributed by atoms with E-state index in [9.17, 15) is 23.1 Å². The van der Waals surface area contributed by atoms with Crippen molar-refractivity contribution < 1.29 is 23.1 Å². The van der Waals surface area contributed by atoms with Gasteiger partial charge in [-0.25, -0.2) is 14.5 Å². The largest absolute Gasteiger partial charge is 0.478 e. The molecule has 0 aliphatic carbocycles. The fourth-order valence-corrected chi connectivity index (χ4v) is 3.28. The molecular formula is C22H17F3N6O2. The number of halogens is 3. The number of hydrogen-bond donors (Lipinski definition) is 2. The molecule has 4 aromatic rings. The van der Waals surface area contributed by atoms with Gasteiger partial charge in [0.1, 0.15) is 0 Å². The molecule has 11 heteroatoms. The Morgan fingerprint density at radius 3 is 2.42 bits per heavy atom. The molecule has 0 bridgehead atoms. The van der Waals surface area contributed by atoms with E-state index < -0.39 is 17.8 Å². The van der Waals surface area contributed by atoms with Crippen LogP contribution in [-0.2, 0) is 6.18 Å². The molecule has 168 valence electrons. The van der Waals surface area contributed by atoms with E-state index in [1.165, 1.54) is 18.5 Å². The molecule has 4 rings (SSSR count). The van der Waals surface area contributed by atoms with Gasteiger partial charge in [-0.2, -0.15) is 23.3 Å². The molecule has 0 spiro atoms. The van der Waals surface area contributed by atoms with Crippen molar-refractivity contribution in [3.63, 3.8) is 0 Å². The molecule has 0 fully saturated rings. The average Bonchev–Trinajstić information content (AvgIpc) is 3.24. The summed E-state index contributed by atoms with van der Waals surface area (Å²) in [6.07, 6.45) is 0.413. The van der Waals surface area contributed by atoms with Crippen molar-refractivity contribution in [2.45, 2.75) is 20.0 Å². The number of benzene rings is 1. The summed E-state index contributed by atoms with van der Waals surface area (Å²) in [6.45, 7) is 3.86. The lowest BCUT2D eigenvalue weighted by molar-refractivity contribution is -0.141. The molecule has 1 aromatic carbocycles. The zero-order valence-corrected chi connectivity index (χ0v) is 17.4. The molecule has 0 atom stereocenters. The van der Waals surface area contributed by atoms with Gasteiger partial charge in [-0.1, -0.05) is 6.07 Å². The van der Waals surface area contributed by atoms with Crippen LogP contribution in [0.3, 0.4) is 0 Å². The first-order valence-electron chi connectivity index (χ1n) is 9.64. The first-order valence-corrected chi connectivity index (χ1v) is 9.64. The highest BCUT2D eigenvalue weighted by atomic mass is 19.4. The SMILES string of the molecule is Cc1cc(C)cc(Nc2ncc(-c3cncc(C(=O)O)c3)c(-n3ccc(C(F)(F)F)n3)n2)c1. The third-order valence-electron chi connectivity index (χ3n) is 4.64. The molecule has 0 aliphatic heterocycles. The number of anilines is 2. The molecule has 2 N–H and O–H groups in total. The average molecular weight is 454 g/mol. The second-order valence-corrected chi connectivity index (χ2v) is 7.34. The number of nitrogens with zero attached hydrogens (tertiary/aromatic N) is 5. The predicted octanol–water partition coefficient (Wildman–Crippen LogP) is 4.80. The van der Waals surface area contributed by atoms with Crippen LogP contribution in [0, 0.1) is 13.8 Å². The maximum Gasteiger partial charge on any atom is 0.435 e. The van der Waals surface area contributed by atoms with Crippen LogP contribution in [0.25, 0.3) is 16.9 Å². The highest BCUT2D eigenvalue weighted by Crippen LogP contribution is 2.30. The Kier molecular flexibility index (Phi) is 5.54. The van der Waals surface area contributed by atoms with Crippen LogP contribution >= 0.6 is 0 Å². The summed E-state index contributed by atoms with van der Waals surface area (Å²) >= 11 is 0. The molecular weight excluding hydrogens is 437 g/mol. The minimum absolute atomic E-state index is 0.0247. The summed E-state index contributed by atoms with van der Waals surface area (Å²) in [6, 6.07) is 7.91. The van der Waals surface area contributed by atoms with Crippen LogP contribution < -0.4 is 5.32 Å². The van der Waals surface area contributed by atoms with Crippen molar-refractivity contribution in [1.29, 1.82) is 0 Å². The van der Waals surface area contributed by atoms with Crippen LogP contribution in [0.5, 0.6) is 0 Å². The zero-order chi connectivity index (χ0) is 23.8. The molecule has 0 unspecified atom stereocenters. The van der Waals surface area contributed by atoms with Gasteiger partial charge in [-0.3, -0.25) is 4.98 Å². The minimum atomic E-state index is -4.64. The Morgan fingerprint density at radius 2 is 1.79 bits per heavy atom. The Bertz CT molecular complexity index is 1330. The highest BCUT2D eigenvalue weighted by Gasteiger charge is 2.34. The summed E-state index contributed by atoms with van der Waals surface area (Å²) in [5.41, 5.74) is 2.11. The highest BCUT2D eigenvalue weighted by molar-refractivity contribution is 5.89. The number of aromatic carboxylic acids is 1. The molecule has 3 aromatic heterocycles. The van der Waals surface area contributed by atoms with Crippen LogP contribution in [0.2, 0.25) is 0 Å². The van der Waals surface area contributed by atoms with E-state index in [0.29, 0.717) is 11.3 Å². The van der Waals surface area contributed by atoms with Gasteiger partial charge < -0.3 is 10.4 Å². The van der Waals surface area contributed by atoms with E-state index in [-0.39, 0.29) is 22.9 Å². The molecule has 0 radical (unpaired) electrons. The third-order valence-corrected chi connectivity index (χ3v) is 4.64. The molecule has 3 heterocycles. The van der Waals surface area contributed by atoms with Crippen molar-refractivity contribution in [2.24, 2.45) is 0 Å². The number of aryl methyl sites for hydroxylation is 2. The van der Waals surface area contributed by atoms with Crippen molar-refractivity contribution >= 4 is 17.6 Å². The van der Waals surface area contributed by atoms with Gasteiger partial charge in [0.2, 0.25) is 5.95 Å². The molecule has 0 aliphatic rings. The number of hydrogen-bond acceptors (Lipinski definition) is 6. The Labute approximate surface area is 185 Å². The van der Waals surface area contributed by atoms with Crippen LogP contribution in [0.15, 0.2) is 55.1 Å². The monoisotopic (exact) mass is 454 g/mol.